The van der Waals surface area contributed by atoms with Gasteiger partial charge in [-0.1, -0.05) is 78.9 Å². The zero-order chi connectivity index (χ0) is 33.7. The maximum Gasteiger partial charge on any atom is 0.410 e. The quantitative estimate of drug-likeness (QED) is 0.150. The summed E-state index contributed by atoms with van der Waals surface area (Å²) in [4.78, 5) is 34.6. The van der Waals surface area contributed by atoms with Gasteiger partial charge in [0.25, 0.3) is 0 Å². The highest BCUT2D eigenvalue weighted by Crippen LogP contribution is 2.44. The number of hydrogen-bond donors (Lipinski definition) is 0. The second kappa shape index (κ2) is 14.4. The van der Waals surface area contributed by atoms with E-state index in [1.165, 1.54) is 23.1 Å². The van der Waals surface area contributed by atoms with E-state index in [1.807, 2.05) is 85.8 Å². The number of amides is 1. The van der Waals surface area contributed by atoms with Crippen LogP contribution in [0.3, 0.4) is 0 Å². The molecule has 1 saturated heterocycles. The van der Waals surface area contributed by atoms with Gasteiger partial charge in [0.1, 0.15) is 24.2 Å². The van der Waals surface area contributed by atoms with Gasteiger partial charge in [0.05, 0.1) is 19.4 Å². The molecule has 0 N–H and O–H groups in total. The summed E-state index contributed by atoms with van der Waals surface area (Å²) in [5.41, 5.74) is 7.52. The molecule has 2 heterocycles. The first-order valence-corrected chi connectivity index (χ1v) is 16.6. The number of methoxy groups -OCH3 is 1. The summed E-state index contributed by atoms with van der Waals surface area (Å²) in [7, 11) is 1.35. The molecule has 0 spiro atoms. The fraction of sp³-hybridized carbons (Fsp3) is 0.275. The fourth-order valence-electron chi connectivity index (χ4n) is 6.80. The molecule has 0 saturated carbocycles. The number of benzene rings is 4. The molecule has 4 aromatic carbocycles. The largest absolute Gasteiger partial charge is 0.493 e. The Labute approximate surface area is 286 Å². The van der Waals surface area contributed by atoms with Crippen molar-refractivity contribution in [2.45, 2.75) is 31.8 Å². The molecule has 1 fully saturated rings. The lowest BCUT2D eigenvalue weighted by Gasteiger charge is -2.39. The predicted octanol–water partition coefficient (Wildman–Crippen LogP) is 6.88. The highest BCUT2D eigenvalue weighted by atomic mass is 16.6. The maximum absolute atomic E-state index is 13.4. The summed E-state index contributed by atoms with van der Waals surface area (Å²) < 4.78 is 22.9. The van der Waals surface area contributed by atoms with Crippen LogP contribution in [-0.2, 0) is 27.2 Å². The SMILES string of the molecule is COC(=O)C1CN(Cc2ccc(OCCc3nc(-c4ccccc4)oc3C)cc2)CCN1C(=O)OCC1c2ccccc2-c2ccccc21. The average molecular weight is 658 g/mol. The Morgan fingerprint density at radius 2 is 1.53 bits per heavy atom. The van der Waals surface area contributed by atoms with Crippen LogP contribution in [0.1, 0.15) is 34.1 Å². The Morgan fingerprint density at radius 1 is 0.857 bits per heavy atom. The van der Waals surface area contributed by atoms with E-state index in [-0.39, 0.29) is 12.5 Å². The van der Waals surface area contributed by atoms with E-state index in [9.17, 15) is 9.59 Å². The topological polar surface area (TPSA) is 94.3 Å². The molecule has 0 radical (unpaired) electrons. The Kier molecular flexibility index (Phi) is 9.43. The Hall–Kier alpha value is -5.41. The van der Waals surface area contributed by atoms with E-state index in [2.05, 4.69) is 34.1 Å². The van der Waals surface area contributed by atoms with Crippen molar-refractivity contribution in [3.63, 3.8) is 0 Å². The molecule has 250 valence electrons. The minimum Gasteiger partial charge on any atom is -0.493 e. The van der Waals surface area contributed by atoms with Crippen molar-refractivity contribution in [3.8, 4) is 28.3 Å². The van der Waals surface area contributed by atoms with Gasteiger partial charge in [-0.25, -0.2) is 14.6 Å². The van der Waals surface area contributed by atoms with Crippen molar-refractivity contribution in [2.75, 3.05) is 40.0 Å². The molecule has 2 aliphatic rings. The normalized spacial score (nSPS) is 15.8. The van der Waals surface area contributed by atoms with Gasteiger partial charge in [0.15, 0.2) is 0 Å². The van der Waals surface area contributed by atoms with Crippen molar-refractivity contribution in [1.82, 2.24) is 14.8 Å². The summed E-state index contributed by atoms with van der Waals surface area (Å²) >= 11 is 0. The van der Waals surface area contributed by atoms with E-state index in [0.717, 1.165) is 39.5 Å². The van der Waals surface area contributed by atoms with Crippen molar-refractivity contribution in [2.24, 2.45) is 0 Å². The number of fused-ring (bicyclic) bond motifs is 3. The molecule has 1 aliphatic heterocycles. The molecule has 1 amide bonds. The lowest BCUT2D eigenvalue weighted by Crippen LogP contribution is -2.58. The third-order valence-electron chi connectivity index (χ3n) is 9.36. The van der Waals surface area contributed by atoms with E-state index in [1.54, 1.807) is 0 Å². The predicted molar refractivity (Wildman–Crippen MR) is 185 cm³/mol. The lowest BCUT2D eigenvalue weighted by molar-refractivity contribution is -0.148. The van der Waals surface area contributed by atoms with Gasteiger partial charge in [-0.2, -0.15) is 0 Å². The number of aromatic nitrogens is 1. The maximum atomic E-state index is 13.4. The molecule has 9 nitrogen and oxygen atoms in total. The minimum absolute atomic E-state index is 0.0555. The zero-order valence-electron chi connectivity index (χ0n) is 27.7. The Morgan fingerprint density at radius 3 is 2.22 bits per heavy atom. The second-order valence-corrected chi connectivity index (χ2v) is 12.4. The summed E-state index contributed by atoms with van der Waals surface area (Å²) in [5.74, 6) is 1.66. The number of carbonyl (C=O) groups is 2. The van der Waals surface area contributed by atoms with Crippen LogP contribution in [-0.4, -0.2) is 72.8 Å². The number of nitrogens with zero attached hydrogens (tertiary/aromatic N) is 3. The van der Waals surface area contributed by atoms with Crippen LogP contribution in [0.15, 0.2) is 108 Å². The van der Waals surface area contributed by atoms with Crippen LogP contribution in [0.5, 0.6) is 5.75 Å². The third-order valence-corrected chi connectivity index (χ3v) is 9.36. The molecule has 1 atom stereocenters. The number of oxazole rings is 1. The number of rotatable bonds is 10. The molecule has 1 aliphatic carbocycles. The summed E-state index contributed by atoms with van der Waals surface area (Å²) in [6, 6.07) is 33.5. The first-order valence-electron chi connectivity index (χ1n) is 16.6. The van der Waals surface area contributed by atoms with Crippen molar-refractivity contribution in [3.05, 3.63) is 131 Å². The molecule has 49 heavy (non-hydrogen) atoms. The lowest BCUT2D eigenvalue weighted by atomic mass is 9.98. The van der Waals surface area contributed by atoms with Crippen LogP contribution in [0.25, 0.3) is 22.6 Å². The monoisotopic (exact) mass is 657 g/mol. The molecular weight excluding hydrogens is 618 g/mol. The van der Waals surface area contributed by atoms with Crippen LogP contribution in [0, 0.1) is 6.92 Å². The molecule has 1 unspecified atom stereocenters. The molecule has 7 rings (SSSR count). The molecule has 9 heteroatoms. The van der Waals surface area contributed by atoms with Gasteiger partial charge >= 0.3 is 12.1 Å². The highest BCUT2D eigenvalue weighted by Gasteiger charge is 2.38. The van der Waals surface area contributed by atoms with Gasteiger partial charge in [0, 0.05) is 44.1 Å². The molecule has 0 bridgehead atoms. The van der Waals surface area contributed by atoms with Gasteiger partial charge in [-0.05, 0) is 59.0 Å². The van der Waals surface area contributed by atoms with Crippen LogP contribution < -0.4 is 4.74 Å². The van der Waals surface area contributed by atoms with Gasteiger partial charge in [-0.3, -0.25) is 9.80 Å². The summed E-state index contributed by atoms with van der Waals surface area (Å²) in [6.07, 6.45) is 0.128. The Balaban J connectivity index is 0.922. The minimum atomic E-state index is -0.764. The van der Waals surface area contributed by atoms with Crippen molar-refractivity contribution >= 4 is 12.1 Å². The number of esters is 1. The first kappa shape index (κ1) is 32.2. The van der Waals surface area contributed by atoms with E-state index < -0.39 is 18.1 Å². The average Bonchev–Trinajstić information content (AvgIpc) is 3.68. The van der Waals surface area contributed by atoms with Gasteiger partial charge in [-0.15, -0.1) is 0 Å². The Bertz CT molecular complexity index is 1880. The third kappa shape index (κ3) is 6.93. The van der Waals surface area contributed by atoms with Crippen LogP contribution in [0.4, 0.5) is 4.79 Å². The van der Waals surface area contributed by atoms with E-state index in [4.69, 9.17) is 18.6 Å². The first-order chi connectivity index (χ1) is 24.0. The molecule has 1 aromatic heterocycles. The fourth-order valence-corrected chi connectivity index (χ4v) is 6.80. The zero-order valence-corrected chi connectivity index (χ0v) is 27.7. The summed E-state index contributed by atoms with van der Waals surface area (Å²) in [5, 5.41) is 0. The second-order valence-electron chi connectivity index (χ2n) is 12.4. The highest BCUT2D eigenvalue weighted by molar-refractivity contribution is 5.82. The standard InChI is InChI=1S/C40H39N3O6/c1-27-36(41-38(49-27)29-10-4-3-5-11-29)20-23-47-30-18-16-28(17-19-30)24-42-21-22-43(37(25-42)39(44)46-2)40(45)48-26-35-33-14-8-6-12-31(33)32-13-7-9-15-34(32)35/h3-19,35,37H,20-26H2,1-2H3. The van der Waals surface area contributed by atoms with Gasteiger partial charge < -0.3 is 18.6 Å². The van der Waals surface area contributed by atoms with Gasteiger partial charge in [0.2, 0.25) is 5.89 Å². The van der Waals surface area contributed by atoms with E-state index in [0.29, 0.717) is 45.1 Å². The number of ether oxygens (including phenoxy) is 3. The van der Waals surface area contributed by atoms with Crippen molar-refractivity contribution < 1.29 is 28.2 Å². The number of carbonyl (C=O) groups excluding carboxylic acids is 2. The number of hydrogen-bond acceptors (Lipinski definition) is 8. The van der Waals surface area contributed by atoms with E-state index >= 15 is 0 Å². The van der Waals surface area contributed by atoms with Crippen LogP contribution in [0.2, 0.25) is 0 Å². The number of aryl methyl sites for hydroxylation is 1. The van der Waals surface area contributed by atoms with Crippen molar-refractivity contribution in [1.29, 1.82) is 0 Å². The molecular formula is C40H39N3O6. The summed E-state index contributed by atoms with van der Waals surface area (Å²) in [6.45, 7) is 4.50. The van der Waals surface area contributed by atoms with Crippen LogP contribution >= 0.6 is 0 Å². The smallest absolute Gasteiger partial charge is 0.410 e. The molecule has 5 aromatic rings. The number of piperazine rings is 1.